The third-order valence-corrected chi connectivity index (χ3v) is 3.32. The first-order valence-electron chi connectivity index (χ1n) is 6.89. The monoisotopic (exact) mass is 289 g/mol. The Bertz CT molecular complexity index is 637. The van der Waals surface area contributed by atoms with Crippen molar-refractivity contribution < 1.29 is 9.59 Å². The van der Waals surface area contributed by atoms with Crippen LogP contribution in [0.4, 0.5) is 0 Å². The molecule has 1 aromatic heterocycles. The van der Waals surface area contributed by atoms with Crippen molar-refractivity contribution >= 4 is 22.8 Å². The van der Waals surface area contributed by atoms with Crippen molar-refractivity contribution in [2.24, 2.45) is 0 Å². The number of aromatic amines is 1. The SMILES string of the molecule is CNC(=O)C(CCCc1cccc2[nH]nnc12)NC(C)=O. The predicted molar refractivity (Wildman–Crippen MR) is 78.5 cm³/mol. The molecule has 0 spiro atoms. The number of nitrogens with one attached hydrogen (secondary N) is 3. The fourth-order valence-electron chi connectivity index (χ4n) is 2.32. The van der Waals surface area contributed by atoms with Crippen LogP contribution in [0.25, 0.3) is 11.0 Å². The van der Waals surface area contributed by atoms with Crippen LogP contribution in [0.1, 0.15) is 25.3 Å². The molecule has 21 heavy (non-hydrogen) atoms. The standard InChI is InChI=1S/C14H19N5O2/c1-9(20)16-12(14(21)15-2)8-4-6-10-5-3-7-11-13(10)18-19-17-11/h3,5,7,12H,4,6,8H2,1-2H3,(H,15,21)(H,16,20)(H,17,18,19). The van der Waals surface area contributed by atoms with E-state index in [1.54, 1.807) is 7.05 Å². The minimum absolute atomic E-state index is 0.176. The number of hydrogen-bond donors (Lipinski definition) is 3. The first-order chi connectivity index (χ1) is 10.1. The molecule has 0 fully saturated rings. The zero-order valence-corrected chi connectivity index (χ0v) is 12.1. The molecular formula is C14H19N5O2. The Balaban J connectivity index is 1.97. The topological polar surface area (TPSA) is 99.8 Å². The van der Waals surface area contributed by atoms with E-state index < -0.39 is 6.04 Å². The van der Waals surface area contributed by atoms with E-state index >= 15 is 0 Å². The largest absolute Gasteiger partial charge is 0.357 e. The molecule has 1 aromatic carbocycles. The molecule has 1 heterocycles. The van der Waals surface area contributed by atoms with Crippen molar-refractivity contribution in [3.05, 3.63) is 23.8 Å². The van der Waals surface area contributed by atoms with Crippen molar-refractivity contribution in [3.8, 4) is 0 Å². The number of aryl methyl sites for hydroxylation is 1. The summed E-state index contributed by atoms with van der Waals surface area (Å²) in [6, 6.07) is 5.37. The Hall–Kier alpha value is -2.44. The lowest BCUT2D eigenvalue weighted by molar-refractivity contribution is -0.127. The highest BCUT2D eigenvalue weighted by Gasteiger charge is 2.17. The summed E-state index contributed by atoms with van der Waals surface area (Å²) in [5.74, 6) is -0.382. The van der Waals surface area contributed by atoms with Gasteiger partial charge in [0.1, 0.15) is 11.6 Å². The van der Waals surface area contributed by atoms with Gasteiger partial charge in [0.15, 0.2) is 0 Å². The van der Waals surface area contributed by atoms with Crippen LogP contribution >= 0.6 is 0 Å². The fraction of sp³-hybridized carbons (Fsp3) is 0.429. The van der Waals surface area contributed by atoms with E-state index in [2.05, 4.69) is 26.0 Å². The Kier molecular flexibility index (Phi) is 4.86. The second kappa shape index (κ2) is 6.83. The highest BCUT2D eigenvalue weighted by Crippen LogP contribution is 2.16. The van der Waals surface area contributed by atoms with Gasteiger partial charge in [0.2, 0.25) is 11.8 Å². The number of hydrogen-bond acceptors (Lipinski definition) is 4. The zero-order chi connectivity index (χ0) is 15.2. The predicted octanol–water partition coefficient (Wildman–Crippen LogP) is 0.531. The number of carbonyl (C=O) groups excluding carboxylic acids is 2. The van der Waals surface area contributed by atoms with Gasteiger partial charge in [-0.25, -0.2) is 0 Å². The van der Waals surface area contributed by atoms with Gasteiger partial charge in [-0.3, -0.25) is 14.7 Å². The van der Waals surface area contributed by atoms with Gasteiger partial charge in [0.05, 0.1) is 5.52 Å². The van der Waals surface area contributed by atoms with Crippen LogP contribution in [-0.4, -0.2) is 40.3 Å². The van der Waals surface area contributed by atoms with Crippen LogP contribution in [0.2, 0.25) is 0 Å². The molecule has 0 saturated carbocycles. The fourth-order valence-corrected chi connectivity index (χ4v) is 2.32. The van der Waals surface area contributed by atoms with Crippen molar-refractivity contribution in [2.75, 3.05) is 7.05 Å². The van der Waals surface area contributed by atoms with Crippen LogP contribution < -0.4 is 10.6 Å². The van der Waals surface area contributed by atoms with Crippen molar-refractivity contribution in [1.82, 2.24) is 26.0 Å². The minimum Gasteiger partial charge on any atom is -0.357 e. The van der Waals surface area contributed by atoms with Crippen LogP contribution in [0, 0.1) is 0 Å². The summed E-state index contributed by atoms with van der Waals surface area (Å²) in [7, 11) is 1.56. The Morgan fingerprint density at radius 1 is 1.38 bits per heavy atom. The average molecular weight is 289 g/mol. The number of fused-ring (bicyclic) bond motifs is 1. The van der Waals surface area contributed by atoms with Crippen LogP contribution in [0.3, 0.4) is 0 Å². The number of amides is 2. The molecule has 0 radical (unpaired) electrons. The Morgan fingerprint density at radius 2 is 2.19 bits per heavy atom. The number of benzene rings is 1. The molecule has 0 aliphatic heterocycles. The lowest BCUT2D eigenvalue weighted by Gasteiger charge is -2.16. The molecule has 2 aromatic rings. The molecular weight excluding hydrogens is 270 g/mol. The smallest absolute Gasteiger partial charge is 0.242 e. The normalized spacial score (nSPS) is 12.1. The van der Waals surface area contributed by atoms with E-state index in [9.17, 15) is 9.59 Å². The van der Waals surface area contributed by atoms with Crippen LogP contribution in [0.5, 0.6) is 0 Å². The lowest BCUT2D eigenvalue weighted by Crippen LogP contribution is -2.44. The van der Waals surface area contributed by atoms with Gasteiger partial charge >= 0.3 is 0 Å². The van der Waals surface area contributed by atoms with Gasteiger partial charge in [0.25, 0.3) is 0 Å². The second-order valence-corrected chi connectivity index (χ2v) is 4.88. The molecule has 0 aliphatic rings. The molecule has 2 rings (SSSR count). The van der Waals surface area contributed by atoms with E-state index in [-0.39, 0.29) is 11.8 Å². The summed E-state index contributed by atoms with van der Waals surface area (Å²) >= 11 is 0. The third kappa shape index (κ3) is 3.77. The van der Waals surface area contributed by atoms with Crippen molar-refractivity contribution in [3.63, 3.8) is 0 Å². The third-order valence-electron chi connectivity index (χ3n) is 3.32. The van der Waals surface area contributed by atoms with E-state index in [0.29, 0.717) is 6.42 Å². The highest BCUT2D eigenvalue weighted by atomic mass is 16.2. The molecule has 2 amide bonds. The highest BCUT2D eigenvalue weighted by molar-refractivity contribution is 5.86. The molecule has 0 bridgehead atoms. The summed E-state index contributed by atoms with van der Waals surface area (Å²) in [6.45, 7) is 1.41. The molecule has 0 aliphatic carbocycles. The van der Waals surface area contributed by atoms with E-state index in [0.717, 1.165) is 29.4 Å². The van der Waals surface area contributed by atoms with Gasteiger partial charge in [-0.05, 0) is 30.9 Å². The first kappa shape index (κ1) is 15.0. The Morgan fingerprint density at radius 3 is 2.90 bits per heavy atom. The van der Waals surface area contributed by atoms with Crippen molar-refractivity contribution in [1.29, 1.82) is 0 Å². The summed E-state index contributed by atoms with van der Waals surface area (Å²) in [5.41, 5.74) is 2.84. The van der Waals surface area contributed by atoms with Crippen LogP contribution in [-0.2, 0) is 16.0 Å². The maximum Gasteiger partial charge on any atom is 0.242 e. The summed E-state index contributed by atoms with van der Waals surface area (Å²) < 4.78 is 0. The number of likely N-dealkylation sites (N-methyl/N-ethyl adjacent to an activating group) is 1. The molecule has 112 valence electrons. The van der Waals surface area contributed by atoms with E-state index in [1.165, 1.54) is 6.92 Å². The second-order valence-electron chi connectivity index (χ2n) is 4.88. The lowest BCUT2D eigenvalue weighted by atomic mass is 10.0. The maximum absolute atomic E-state index is 11.7. The minimum atomic E-state index is -0.496. The average Bonchev–Trinajstić information content (AvgIpc) is 2.94. The van der Waals surface area contributed by atoms with Gasteiger partial charge < -0.3 is 10.6 Å². The van der Waals surface area contributed by atoms with Gasteiger partial charge in [-0.2, -0.15) is 0 Å². The quantitative estimate of drug-likeness (QED) is 0.722. The number of nitrogens with zero attached hydrogens (tertiary/aromatic N) is 2. The number of carbonyl (C=O) groups is 2. The first-order valence-corrected chi connectivity index (χ1v) is 6.89. The number of rotatable bonds is 6. The number of H-pyrrole nitrogens is 1. The molecule has 0 saturated heterocycles. The molecule has 1 atom stereocenters. The molecule has 3 N–H and O–H groups in total. The van der Waals surface area contributed by atoms with Gasteiger partial charge in [-0.15, -0.1) is 5.10 Å². The zero-order valence-electron chi connectivity index (χ0n) is 12.1. The summed E-state index contributed by atoms with van der Waals surface area (Å²) in [4.78, 5) is 22.8. The summed E-state index contributed by atoms with van der Waals surface area (Å²) in [6.07, 6.45) is 2.12. The van der Waals surface area contributed by atoms with Crippen LogP contribution in [0.15, 0.2) is 18.2 Å². The molecule has 1 unspecified atom stereocenters. The van der Waals surface area contributed by atoms with E-state index in [1.807, 2.05) is 18.2 Å². The molecule has 7 heteroatoms. The maximum atomic E-state index is 11.7. The van der Waals surface area contributed by atoms with Crippen molar-refractivity contribution in [2.45, 2.75) is 32.2 Å². The van der Waals surface area contributed by atoms with Gasteiger partial charge in [-0.1, -0.05) is 17.3 Å². The Labute approximate surface area is 122 Å². The molecule has 7 nitrogen and oxygen atoms in total. The summed E-state index contributed by atoms with van der Waals surface area (Å²) in [5, 5.41) is 15.9. The van der Waals surface area contributed by atoms with E-state index in [4.69, 9.17) is 0 Å². The van der Waals surface area contributed by atoms with Gasteiger partial charge in [0, 0.05) is 14.0 Å². The number of aromatic nitrogens is 3.